The Morgan fingerprint density at radius 3 is 2.38 bits per heavy atom. The summed E-state index contributed by atoms with van der Waals surface area (Å²) in [5.74, 6) is 4.13. The molecule has 4 bridgehead atoms. The van der Waals surface area contributed by atoms with Gasteiger partial charge in [-0.1, -0.05) is 0 Å². The Labute approximate surface area is 147 Å². The molecule has 4 nitrogen and oxygen atoms in total. The second-order valence-electron chi connectivity index (χ2n) is 9.41. The van der Waals surface area contributed by atoms with Crippen molar-refractivity contribution in [1.29, 1.82) is 0 Å². The maximum Gasteiger partial charge on any atom is 0.224 e. The lowest BCUT2D eigenvalue weighted by Gasteiger charge is -2.54. The molecule has 0 unspecified atom stereocenters. The first-order chi connectivity index (χ1) is 11.6. The first-order valence-corrected chi connectivity index (χ1v) is 10.3. The van der Waals surface area contributed by atoms with Gasteiger partial charge in [-0.2, -0.15) is 0 Å². The number of amides is 1. The van der Waals surface area contributed by atoms with Crippen molar-refractivity contribution >= 4 is 5.91 Å². The van der Waals surface area contributed by atoms with Crippen LogP contribution in [0, 0.1) is 29.6 Å². The molecule has 0 spiro atoms. The van der Waals surface area contributed by atoms with Gasteiger partial charge >= 0.3 is 0 Å². The molecule has 5 rings (SSSR count). The Bertz CT molecular complexity index is 436. The zero-order valence-electron chi connectivity index (χ0n) is 15.5. The molecule has 1 N–H and O–H groups in total. The normalized spacial score (nSPS) is 41.8. The predicted octanol–water partition coefficient (Wildman–Crippen LogP) is 2.20. The van der Waals surface area contributed by atoms with Gasteiger partial charge in [0.15, 0.2) is 0 Å². The lowest BCUT2D eigenvalue weighted by Crippen LogP contribution is -2.57. The Morgan fingerprint density at radius 2 is 1.75 bits per heavy atom. The van der Waals surface area contributed by atoms with Gasteiger partial charge in [-0.25, -0.2) is 0 Å². The Balaban J connectivity index is 1.31. The zero-order valence-corrected chi connectivity index (χ0v) is 15.5. The molecule has 4 saturated carbocycles. The summed E-state index contributed by atoms with van der Waals surface area (Å²) < 4.78 is 0. The van der Waals surface area contributed by atoms with Crippen molar-refractivity contribution in [2.45, 2.75) is 51.0 Å². The van der Waals surface area contributed by atoms with Crippen molar-refractivity contribution in [2.24, 2.45) is 29.6 Å². The summed E-state index contributed by atoms with van der Waals surface area (Å²) in [6.45, 7) is 4.31. The van der Waals surface area contributed by atoms with Crippen LogP contribution in [-0.2, 0) is 4.79 Å². The number of carbonyl (C=O) groups is 1. The van der Waals surface area contributed by atoms with Crippen LogP contribution in [0.2, 0.25) is 0 Å². The van der Waals surface area contributed by atoms with Crippen LogP contribution in [0.25, 0.3) is 0 Å². The Hall–Kier alpha value is -0.610. The van der Waals surface area contributed by atoms with E-state index in [-0.39, 0.29) is 5.92 Å². The minimum absolute atomic E-state index is 0.220. The van der Waals surface area contributed by atoms with Gasteiger partial charge in [0.25, 0.3) is 0 Å². The third-order valence-electron chi connectivity index (χ3n) is 7.28. The molecule has 0 radical (unpaired) electrons. The number of likely N-dealkylation sites (tertiary alicyclic amines) is 1. The number of carbonyl (C=O) groups excluding carboxylic acids is 1. The number of piperidine rings is 1. The lowest BCUT2D eigenvalue weighted by molar-refractivity contribution is -0.130. The summed E-state index contributed by atoms with van der Waals surface area (Å²) in [7, 11) is 4.25. The highest BCUT2D eigenvalue weighted by atomic mass is 16.2. The van der Waals surface area contributed by atoms with Gasteiger partial charge in [0.1, 0.15) is 0 Å². The minimum atomic E-state index is 0.220. The van der Waals surface area contributed by atoms with E-state index in [1.54, 1.807) is 0 Å². The van der Waals surface area contributed by atoms with Crippen LogP contribution in [0.1, 0.15) is 44.9 Å². The average Bonchev–Trinajstić information content (AvgIpc) is 2.55. The molecule has 1 saturated heterocycles. The summed E-state index contributed by atoms with van der Waals surface area (Å²) >= 11 is 0. The summed E-state index contributed by atoms with van der Waals surface area (Å²) in [5.41, 5.74) is 0. The van der Waals surface area contributed by atoms with E-state index in [9.17, 15) is 4.79 Å². The van der Waals surface area contributed by atoms with E-state index in [0.29, 0.717) is 11.9 Å². The molecule has 24 heavy (non-hydrogen) atoms. The molecule has 4 heteroatoms. The molecule has 1 amide bonds. The fourth-order valence-electron chi connectivity index (χ4n) is 6.26. The molecule has 4 aliphatic carbocycles. The van der Waals surface area contributed by atoms with Crippen LogP contribution >= 0.6 is 0 Å². The molecule has 0 aromatic heterocycles. The average molecular weight is 334 g/mol. The smallest absolute Gasteiger partial charge is 0.224 e. The van der Waals surface area contributed by atoms with Crippen LogP contribution in [0.5, 0.6) is 0 Å². The molecule has 136 valence electrons. The highest BCUT2D eigenvalue weighted by Crippen LogP contribution is 2.53. The topological polar surface area (TPSA) is 35.6 Å². The van der Waals surface area contributed by atoms with Crippen LogP contribution in [0.4, 0.5) is 0 Å². The predicted molar refractivity (Wildman–Crippen MR) is 96.7 cm³/mol. The summed E-state index contributed by atoms with van der Waals surface area (Å²) in [6, 6.07) is 0.502. The number of rotatable bonds is 5. The van der Waals surface area contributed by atoms with Crippen molar-refractivity contribution < 1.29 is 4.79 Å². The molecular formula is C20H35N3O. The van der Waals surface area contributed by atoms with Crippen molar-refractivity contribution in [3.8, 4) is 0 Å². The molecule has 5 aliphatic rings. The summed E-state index contributed by atoms with van der Waals surface area (Å²) in [5, 5.41) is 3.54. The zero-order chi connectivity index (χ0) is 16.7. The van der Waals surface area contributed by atoms with Gasteiger partial charge in [0.2, 0.25) is 5.91 Å². The largest absolute Gasteiger partial charge is 0.353 e. The highest BCUT2D eigenvalue weighted by molar-refractivity contribution is 5.79. The highest BCUT2D eigenvalue weighted by Gasteiger charge is 2.48. The van der Waals surface area contributed by atoms with Crippen molar-refractivity contribution in [2.75, 3.05) is 40.3 Å². The number of hydrogen-bond acceptors (Lipinski definition) is 3. The van der Waals surface area contributed by atoms with Crippen LogP contribution in [0.15, 0.2) is 0 Å². The number of hydrogen-bond donors (Lipinski definition) is 1. The second-order valence-corrected chi connectivity index (χ2v) is 9.41. The maximum atomic E-state index is 12.9. The van der Waals surface area contributed by atoms with Gasteiger partial charge < -0.3 is 15.1 Å². The number of nitrogens with zero attached hydrogens (tertiary/aromatic N) is 2. The van der Waals surface area contributed by atoms with E-state index in [2.05, 4.69) is 29.2 Å². The first-order valence-electron chi connectivity index (χ1n) is 10.3. The molecule has 1 atom stereocenters. The van der Waals surface area contributed by atoms with Crippen molar-refractivity contribution in [1.82, 2.24) is 15.1 Å². The third-order valence-corrected chi connectivity index (χ3v) is 7.28. The Morgan fingerprint density at radius 1 is 1.08 bits per heavy atom. The molecule has 1 heterocycles. The fraction of sp³-hybridized carbons (Fsp3) is 0.950. The third kappa shape index (κ3) is 3.50. The summed E-state index contributed by atoms with van der Waals surface area (Å²) in [6.07, 6.45) is 9.28. The number of nitrogens with one attached hydrogen (secondary N) is 1. The van der Waals surface area contributed by atoms with E-state index >= 15 is 0 Å². The van der Waals surface area contributed by atoms with E-state index in [1.807, 2.05) is 0 Å². The van der Waals surface area contributed by atoms with Gasteiger partial charge in [-0.15, -0.1) is 0 Å². The van der Waals surface area contributed by atoms with Crippen molar-refractivity contribution in [3.05, 3.63) is 0 Å². The summed E-state index contributed by atoms with van der Waals surface area (Å²) in [4.78, 5) is 17.7. The van der Waals surface area contributed by atoms with Crippen LogP contribution in [0.3, 0.4) is 0 Å². The monoisotopic (exact) mass is 333 g/mol. The second kappa shape index (κ2) is 6.95. The van der Waals surface area contributed by atoms with Crippen molar-refractivity contribution in [3.63, 3.8) is 0 Å². The maximum absolute atomic E-state index is 12.9. The van der Waals surface area contributed by atoms with Gasteiger partial charge in [0.05, 0.1) is 5.92 Å². The minimum Gasteiger partial charge on any atom is -0.353 e. The molecule has 5 fully saturated rings. The Kier molecular flexibility index (Phi) is 4.88. The van der Waals surface area contributed by atoms with Gasteiger partial charge in [-0.3, -0.25) is 4.79 Å². The van der Waals surface area contributed by atoms with Crippen LogP contribution in [-0.4, -0.2) is 62.0 Å². The quantitative estimate of drug-likeness (QED) is 0.838. The molecule has 1 aliphatic heterocycles. The standard InChI is InChI=1S/C20H35N3O/c1-22(2)6-7-23-5-3-4-16(13-23)20(24)21-19-17-9-14-8-15(11-17)12-18(19)10-14/h14-19H,3-13H2,1-2H3,(H,21,24)/t14?,15?,16-,17?,18?,19?/m1/s1. The van der Waals surface area contributed by atoms with Gasteiger partial charge in [0, 0.05) is 25.7 Å². The molecule has 0 aromatic rings. The lowest BCUT2D eigenvalue weighted by atomic mass is 9.54. The van der Waals surface area contributed by atoms with Gasteiger partial charge in [-0.05, 0) is 89.3 Å². The molecule has 0 aromatic carbocycles. The van der Waals surface area contributed by atoms with E-state index in [1.165, 1.54) is 38.5 Å². The van der Waals surface area contributed by atoms with Crippen LogP contribution < -0.4 is 5.32 Å². The van der Waals surface area contributed by atoms with E-state index < -0.39 is 0 Å². The van der Waals surface area contributed by atoms with E-state index in [4.69, 9.17) is 0 Å². The first kappa shape index (κ1) is 16.8. The number of likely N-dealkylation sites (N-methyl/N-ethyl adjacent to an activating group) is 1. The fourth-order valence-corrected chi connectivity index (χ4v) is 6.26. The SMILES string of the molecule is CN(C)CCN1CCC[C@@H](C(=O)NC2C3CC4CC(C3)CC2C4)C1. The van der Waals surface area contributed by atoms with E-state index in [0.717, 1.165) is 56.3 Å². The molecular weight excluding hydrogens is 298 g/mol.